The minimum absolute atomic E-state index is 0.0671. The molecule has 1 aliphatic heterocycles. The van der Waals surface area contributed by atoms with Gasteiger partial charge in [-0.15, -0.1) is 0 Å². The summed E-state index contributed by atoms with van der Waals surface area (Å²) >= 11 is 0. The molecular formula is C25H21F2N3O2. The van der Waals surface area contributed by atoms with Crippen molar-refractivity contribution < 1.29 is 18.0 Å². The predicted octanol–water partition coefficient (Wildman–Crippen LogP) is 6.45. The molecule has 1 atom stereocenters. The van der Waals surface area contributed by atoms with Crippen LogP contribution in [0.25, 0.3) is 22.2 Å². The second-order valence-electron chi connectivity index (χ2n) is 7.96. The van der Waals surface area contributed by atoms with Gasteiger partial charge in [-0.1, -0.05) is 30.3 Å². The van der Waals surface area contributed by atoms with Gasteiger partial charge in [-0.05, 0) is 60.7 Å². The zero-order chi connectivity index (χ0) is 22.2. The van der Waals surface area contributed by atoms with Crippen molar-refractivity contribution in [3.63, 3.8) is 0 Å². The first-order valence-corrected chi connectivity index (χ1v) is 10.5. The number of aromatic nitrogens is 1. The van der Waals surface area contributed by atoms with Crippen LogP contribution in [0.3, 0.4) is 0 Å². The van der Waals surface area contributed by atoms with E-state index in [1.165, 1.54) is 11.6 Å². The second kappa shape index (κ2) is 8.07. The van der Waals surface area contributed by atoms with Crippen LogP contribution in [0.4, 0.5) is 19.3 Å². The molecule has 32 heavy (non-hydrogen) atoms. The number of hydrogen-bond donors (Lipinski definition) is 1. The summed E-state index contributed by atoms with van der Waals surface area (Å²) in [6, 6.07) is 16.2. The second-order valence-corrected chi connectivity index (χ2v) is 7.96. The van der Waals surface area contributed by atoms with E-state index >= 15 is 0 Å². The molecule has 2 heterocycles. The topological polar surface area (TPSA) is 58.4 Å². The maximum atomic E-state index is 14.0. The van der Waals surface area contributed by atoms with Crippen molar-refractivity contribution in [1.29, 1.82) is 0 Å². The summed E-state index contributed by atoms with van der Waals surface area (Å²) in [6.45, 7) is 2.55. The van der Waals surface area contributed by atoms with Crippen molar-refractivity contribution in [3.05, 3.63) is 83.8 Å². The minimum atomic E-state index is -0.820. The lowest BCUT2D eigenvalue weighted by Crippen LogP contribution is -2.34. The number of amides is 2. The SMILES string of the molecule is Cc1ccccc1-c1ccc2oc([C@H]3CCCN3C(=O)Nc3ccc(F)cc3F)nc2c1. The van der Waals surface area contributed by atoms with E-state index in [-0.39, 0.29) is 11.7 Å². The van der Waals surface area contributed by atoms with E-state index in [4.69, 9.17) is 4.42 Å². The van der Waals surface area contributed by atoms with E-state index in [1.807, 2.05) is 30.3 Å². The van der Waals surface area contributed by atoms with Crippen molar-refractivity contribution >= 4 is 22.8 Å². The molecule has 0 saturated carbocycles. The summed E-state index contributed by atoms with van der Waals surface area (Å²) < 4.78 is 33.1. The summed E-state index contributed by atoms with van der Waals surface area (Å²) in [7, 11) is 0. The van der Waals surface area contributed by atoms with Crippen LogP contribution in [0.5, 0.6) is 0 Å². The van der Waals surface area contributed by atoms with Crippen LogP contribution in [-0.2, 0) is 0 Å². The fourth-order valence-corrected chi connectivity index (χ4v) is 4.20. The van der Waals surface area contributed by atoms with Crippen LogP contribution in [0.2, 0.25) is 0 Å². The Balaban J connectivity index is 1.41. The molecule has 3 aromatic carbocycles. The van der Waals surface area contributed by atoms with Gasteiger partial charge in [0, 0.05) is 12.6 Å². The number of nitrogens with one attached hydrogen (secondary N) is 1. The number of anilines is 1. The molecule has 1 aromatic heterocycles. The predicted molar refractivity (Wildman–Crippen MR) is 118 cm³/mol. The average molecular weight is 433 g/mol. The maximum Gasteiger partial charge on any atom is 0.322 e. The van der Waals surface area contributed by atoms with Crippen molar-refractivity contribution in [3.8, 4) is 11.1 Å². The third-order valence-corrected chi connectivity index (χ3v) is 5.83. The molecule has 5 rings (SSSR count). The minimum Gasteiger partial charge on any atom is -0.438 e. The van der Waals surface area contributed by atoms with Gasteiger partial charge in [0.1, 0.15) is 23.2 Å². The smallest absolute Gasteiger partial charge is 0.322 e. The Kier molecular flexibility index (Phi) is 5.09. The van der Waals surface area contributed by atoms with Crippen LogP contribution in [0.1, 0.15) is 30.3 Å². The lowest BCUT2D eigenvalue weighted by Gasteiger charge is -2.22. The molecule has 1 aliphatic rings. The molecule has 0 bridgehead atoms. The van der Waals surface area contributed by atoms with Crippen molar-refractivity contribution in [1.82, 2.24) is 9.88 Å². The Morgan fingerprint density at radius 3 is 2.78 bits per heavy atom. The van der Waals surface area contributed by atoms with Crippen LogP contribution < -0.4 is 5.32 Å². The number of rotatable bonds is 3. The third kappa shape index (κ3) is 3.70. The first-order chi connectivity index (χ1) is 15.5. The molecule has 7 heteroatoms. The third-order valence-electron chi connectivity index (χ3n) is 5.83. The molecule has 0 spiro atoms. The number of benzene rings is 3. The van der Waals surface area contributed by atoms with E-state index in [0.717, 1.165) is 35.2 Å². The first kappa shape index (κ1) is 20.2. The van der Waals surface area contributed by atoms with Gasteiger partial charge in [-0.2, -0.15) is 0 Å². The molecule has 0 unspecified atom stereocenters. The summed E-state index contributed by atoms with van der Waals surface area (Å²) in [4.78, 5) is 19.1. The van der Waals surface area contributed by atoms with E-state index < -0.39 is 17.7 Å². The Hall–Kier alpha value is -3.74. The van der Waals surface area contributed by atoms with Crippen LogP contribution >= 0.6 is 0 Å². The fourth-order valence-electron chi connectivity index (χ4n) is 4.20. The summed E-state index contributed by atoms with van der Waals surface area (Å²) in [5.41, 5.74) is 4.64. The van der Waals surface area contributed by atoms with Gasteiger partial charge < -0.3 is 14.6 Å². The Morgan fingerprint density at radius 1 is 1.12 bits per heavy atom. The van der Waals surface area contributed by atoms with Gasteiger partial charge in [0.15, 0.2) is 5.58 Å². The van der Waals surface area contributed by atoms with E-state index in [2.05, 4.69) is 29.4 Å². The molecule has 5 nitrogen and oxygen atoms in total. The molecule has 1 N–H and O–H groups in total. The van der Waals surface area contributed by atoms with Gasteiger partial charge in [-0.3, -0.25) is 0 Å². The van der Waals surface area contributed by atoms with Crippen LogP contribution in [0, 0.1) is 18.6 Å². The standard InChI is InChI=1S/C25H21F2N3O2/c1-15-5-2-3-6-18(15)16-8-11-23-21(13-16)28-24(32-23)22-7-4-12-30(22)25(31)29-20-10-9-17(26)14-19(20)27/h2-3,5-6,8-11,13-14,22H,4,7,12H2,1H3,(H,29,31)/t22-/m1/s1. The molecule has 4 aromatic rings. The Labute approximate surface area is 183 Å². The number of carbonyl (C=O) groups excluding carboxylic acids is 1. The number of aryl methyl sites for hydroxylation is 1. The quantitative estimate of drug-likeness (QED) is 0.404. The molecule has 2 amide bonds. The lowest BCUT2D eigenvalue weighted by atomic mass is 10.0. The number of nitrogens with zero attached hydrogens (tertiary/aromatic N) is 2. The zero-order valence-corrected chi connectivity index (χ0v) is 17.4. The zero-order valence-electron chi connectivity index (χ0n) is 17.4. The fraction of sp³-hybridized carbons (Fsp3) is 0.200. The van der Waals surface area contributed by atoms with Gasteiger partial charge in [0.2, 0.25) is 5.89 Å². The molecule has 0 radical (unpaired) electrons. The van der Waals surface area contributed by atoms with Crippen molar-refractivity contribution in [2.45, 2.75) is 25.8 Å². The summed E-state index contributed by atoms with van der Waals surface area (Å²) in [5, 5.41) is 2.53. The van der Waals surface area contributed by atoms with Gasteiger partial charge in [-0.25, -0.2) is 18.6 Å². The molecule has 1 fully saturated rings. The number of urea groups is 1. The molecule has 0 aliphatic carbocycles. The molecular weight excluding hydrogens is 412 g/mol. The highest BCUT2D eigenvalue weighted by atomic mass is 19.1. The normalized spacial score (nSPS) is 16.0. The van der Waals surface area contributed by atoms with Gasteiger partial charge in [0.05, 0.1) is 5.69 Å². The van der Waals surface area contributed by atoms with E-state index in [0.29, 0.717) is 24.4 Å². The van der Waals surface area contributed by atoms with E-state index in [9.17, 15) is 13.6 Å². The largest absolute Gasteiger partial charge is 0.438 e. The van der Waals surface area contributed by atoms with Crippen LogP contribution in [-0.4, -0.2) is 22.5 Å². The van der Waals surface area contributed by atoms with Crippen LogP contribution in [0.15, 0.2) is 65.1 Å². The highest BCUT2D eigenvalue weighted by Gasteiger charge is 2.34. The lowest BCUT2D eigenvalue weighted by molar-refractivity contribution is 0.198. The van der Waals surface area contributed by atoms with E-state index in [1.54, 1.807) is 4.90 Å². The maximum absolute atomic E-state index is 14.0. The Morgan fingerprint density at radius 2 is 1.97 bits per heavy atom. The molecule has 1 saturated heterocycles. The number of carbonyl (C=O) groups is 1. The first-order valence-electron chi connectivity index (χ1n) is 10.5. The number of likely N-dealkylation sites (tertiary alicyclic amines) is 1. The van der Waals surface area contributed by atoms with Crippen molar-refractivity contribution in [2.75, 3.05) is 11.9 Å². The van der Waals surface area contributed by atoms with Crippen molar-refractivity contribution in [2.24, 2.45) is 0 Å². The summed E-state index contributed by atoms with van der Waals surface area (Å²) in [5.74, 6) is -1.06. The van der Waals surface area contributed by atoms with Gasteiger partial charge in [0.25, 0.3) is 0 Å². The average Bonchev–Trinajstić information content (AvgIpc) is 3.42. The summed E-state index contributed by atoms with van der Waals surface area (Å²) in [6.07, 6.45) is 1.47. The highest BCUT2D eigenvalue weighted by molar-refractivity contribution is 5.90. The number of halogens is 2. The number of oxazole rings is 1. The molecule has 162 valence electrons. The number of fused-ring (bicyclic) bond motifs is 1. The Bertz CT molecular complexity index is 1320. The number of hydrogen-bond acceptors (Lipinski definition) is 3. The monoisotopic (exact) mass is 433 g/mol. The highest BCUT2D eigenvalue weighted by Crippen LogP contribution is 2.35. The van der Waals surface area contributed by atoms with Gasteiger partial charge >= 0.3 is 6.03 Å².